The van der Waals surface area contributed by atoms with Gasteiger partial charge in [0, 0.05) is 11.4 Å². The number of aryl methyl sites for hydroxylation is 1. The molecule has 0 bridgehead atoms. The molecule has 6 nitrogen and oxygen atoms in total. The summed E-state index contributed by atoms with van der Waals surface area (Å²) in [4.78, 5) is 12.5. The van der Waals surface area contributed by atoms with E-state index in [-0.39, 0.29) is 18.0 Å². The highest BCUT2D eigenvalue weighted by Crippen LogP contribution is 2.31. The van der Waals surface area contributed by atoms with Gasteiger partial charge < -0.3 is 10.1 Å². The van der Waals surface area contributed by atoms with Gasteiger partial charge in [-0.05, 0) is 49.4 Å². The molecule has 0 spiro atoms. The zero-order chi connectivity index (χ0) is 24.8. The van der Waals surface area contributed by atoms with Crippen molar-refractivity contribution in [3.8, 4) is 11.4 Å². The van der Waals surface area contributed by atoms with Gasteiger partial charge in [0.25, 0.3) is 0 Å². The summed E-state index contributed by atoms with van der Waals surface area (Å²) in [5, 5.41) is 11.4. The Morgan fingerprint density at radius 2 is 1.74 bits per heavy atom. The van der Waals surface area contributed by atoms with Crippen LogP contribution in [0.2, 0.25) is 0 Å². The van der Waals surface area contributed by atoms with E-state index in [1.807, 2.05) is 61.5 Å². The number of anilines is 1. The molecular formula is C25H21F3N4O2S. The number of benzene rings is 3. The number of hydrogen-bond donors (Lipinski definition) is 1. The van der Waals surface area contributed by atoms with Crippen LogP contribution in [0.15, 0.2) is 84.0 Å². The Balaban J connectivity index is 1.49. The molecule has 0 saturated heterocycles. The van der Waals surface area contributed by atoms with Gasteiger partial charge in [-0.1, -0.05) is 53.7 Å². The lowest BCUT2D eigenvalue weighted by molar-refractivity contribution is -0.137. The van der Waals surface area contributed by atoms with Crippen molar-refractivity contribution in [3.05, 3.63) is 95.8 Å². The molecule has 1 heterocycles. The molecule has 0 aliphatic rings. The molecule has 0 atom stereocenters. The molecule has 0 aliphatic heterocycles. The summed E-state index contributed by atoms with van der Waals surface area (Å²) in [6, 6.07) is 21.5. The van der Waals surface area contributed by atoms with Crippen LogP contribution in [0.5, 0.6) is 5.75 Å². The van der Waals surface area contributed by atoms with Crippen molar-refractivity contribution in [3.63, 3.8) is 0 Å². The Labute approximate surface area is 204 Å². The summed E-state index contributed by atoms with van der Waals surface area (Å²) in [5.41, 5.74) is 1.12. The van der Waals surface area contributed by atoms with Gasteiger partial charge in [0.1, 0.15) is 12.4 Å². The van der Waals surface area contributed by atoms with Crippen molar-refractivity contribution in [2.45, 2.75) is 24.9 Å². The molecule has 35 heavy (non-hydrogen) atoms. The van der Waals surface area contributed by atoms with Gasteiger partial charge in [-0.25, -0.2) is 0 Å². The highest BCUT2D eigenvalue weighted by atomic mass is 32.2. The van der Waals surface area contributed by atoms with E-state index in [0.717, 1.165) is 35.1 Å². The first-order valence-corrected chi connectivity index (χ1v) is 11.6. The zero-order valence-corrected chi connectivity index (χ0v) is 19.4. The molecular weight excluding hydrogens is 477 g/mol. The molecule has 4 aromatic rings. The van der Waals surface area contributed by atoms with Gasteiger partial charge in [-0.15, -0.1) is 10.2 Å². The minimum atomic E-state index is -4.49. The summed E-state index contributed by atoms with van der Waals surface area (Å²) in [5.74, 6) is 0.689. The van der Waals surface area contributed by atoms with Gasteiger partial charge >= 0.3 is 6.18 Å². The molecule has 0 fully saturated rings. The fraction of sp³-hybridized carbons (Fsp3) is 0.160. The van der Waals surface area contributed by atoms with Crippen molar-refractivity contribution in [2.75, 3.05) is 11.1 Å². The second-order valence-corrected chi connectivity index (χ2v) is 8.53. The highest BCUT2D eigenvalue weighted by molar-refractivity contribution is 7.99. The van der Waals surface area contributed by atoms with E-state index in [1.54, 1.807) is 4.57 Å². The molecule has 3 aromatic carbocycles. The molecule has 4 rings (SSSR count). The van der Waals surface area contributed by atoms with Crippen LogP contribution in [0.4, 0.5) is 18.9 Å². The van der Waals surface area contributed by atoms with Gasteiger partial charge in [0.15, 0.2) is 11.0 Å². The van der Waals surface area contributed by atoms with Crippen molar-refractivity contribution < 1.29 is 22.7 Å². The van der Waals surface area contributed by atoms with E-state index in [0.29, 0.717) is 16.7 Å². The molecule has 1 aromatic heterocycles. The number of halogens is 3. The van der Waals surface area contributed by atoms with Crippen LogP contribution in [0.25, 0.3) is 5.69 Å². The number of rotatable bonds is 8. The van der Waals surface area contributed by atoms with Crippen molar-refractivity contribution in [2.24, 2.45) is 0 Å². The number of carbonyl (C=O) groups is 1. The Bertz CT molecular complexity index is 1290. The number of thioether (sulfide) groups is 1. The van der Waals surface area contributed by atoms with Crippen molar-refractivity contribution in [1.82, 2.24) is 14.8 Å². The predicted molar refractivity (Wildman–Crippen MR) is 128 cm³/mol. The van der Waals surface area contributed by atoms with Crippen LogP contribution >= 0.6 is 11.8 Å². The second kappa shape index (κ2) is 10.6. The van der Waals surface area contributed by atoms with Crippen molar-refractivity contribution >= 4 is 23.4 Å². The SMILES string of the molecule is Cc1ccc(-n2c(COc3ccccc3)nnc2SCC(=O)Nc2cccc(C(F)(F)F)c2)cc1. The lowest BCUT2D eigenvalue weighted by Crippen LogP contribution is -2.15. The number of ether oxygens (including phenoxy) is 1. The molecule has 1 amide bonds. The molecule has 0 saturated carbocycles. The Kier molecular flexibility index (Phi) is 7.40. The lowest BCUT2D eigenvalue weighted by atomic mass is 10.2. The first-order chi connectivity index (χ1) is 16.8. The monoisotopic (exact) mass is 498 g/mol. The van der Waals surface area contributed by atoms with Crippen LogP contribution in [0.1, 0.15) is 17.0 Å². The number of carbonyl (C=O) groups excluding carboxylic acids is 1. The first kappa shape index (κ1) is 24.3. The largest absolute Gasteiger partial charge is 0.486 e. The second-order valence-electron chi connectivity index (χ2n) is 7.59. The maximum absolute atomic E-state index is 12.9. The molecule has 0 radical (unpaired) electrons. The van der Waals surface area contributed by atoms with E-state index in [4.69, 9.17) is 4.74 Å². The number of nitrogens with zero attached hydrogens (tertiary/aromatic N) is 3. The normalized spacial score (nSPS) is 11.3. The van der Waals surface area contributed by atoms with Gasteiger partial charge in [0.2, 0.25) is 5.91 Å². The van der Waals surface area contributed by atoms with Gasteiger partial charge in [-0.3, -0.25) is 9.36 Å². The summed E-state index contributed by atoms with van der Waals surface area (Å²) in [6.45, 7) is 2.13. The quantitative estimate of drug-likeness (QED) is 0.306. The third-order valence-corrected chi connectivity index (χ3v) is 5.84. The molecule has 0 unspecified atom stereocenters. The van der Waals surface area contributed by atoms with E-state index in [9.17, 15) is 18.0 Å². The third-order valence-electron chi connectivity index (χ3n) is 4.91. The average Bonchev–Trinajstić information content (AvgIpc) is 3.25. The van der Waals surface area contributed by atoms with E-state index in [2.05, 4.69) is 15.5 Å². The Hall–Kier alpha value is -3.79. The maximum Gasteiger partial charge on any atom is 0.416 e. The predicted octanol–water partition coefficient (Wildman–Crippen LogP) is 5.90. The average molecular weight is 499 g/mol. The van der Waals surface area contributed by atoms with Crippen molar-refractivity contribution in [1.29, 1.82) is 0 Å². The highest BCUT2D eigenvalue weighted by Gasteiger charge is 2.30. The van der Waals surface area contributed by atoms with Crippen LogP contribution in [0, 0.1) is 6.92 Å². The molecule has 10 heteroatoms. The number of aromatic nitrogens is 3. The summed E-state index contributed by atoms with van der Waals surface area (Å²) in [6.07, 6.45) is -4.49. The lowest BCUT2D eigenvalue weighted by Gasteiger charge is -2.12. The maximum atomic E-state index is 12.9. The molecule has 180 valence electrons. The Morgan fingerprint density at radius 3 is 2.46 bits per heavy atom. The summed E-state index contributed by atoms with van der Waals surface area (Å²) < 4.78 is 46.4. The van der Waals surface area contributed by atoms with E-state index < -0.39 is 17.6 Å². The van der Waals surface area contributed by atoms with E-state index >= 15 is 0 Å². The topological polar surface area (TPSA) is 69.0 Å². The zero-order valence-electron chi connectivity index (χ0n) is 18.6. The van der Waals surface area contributed by atoms with Gasteiger partial charge in [0.05, 0.1) is 11.3 Å². The first-order valence-electron chi connectivity index (χ1n) is 10.6. The van der Waals surface area contributed by atoms with Crippen LogP contribution in [-0.4, -0.2) is 26.4 Å². The van der Waals surface area contributed by atoms with Crippen LogP contribution in [0.3, 0.4) is 0 Å². The van der Waals surface area contributed by atoms with E-state index in [1.165, 1.54) is 12.1 Å². The van der Waals surface area contributed by atoms with Crippen LogP contribution < -0.4 is 10.1 Å². The number of hydrogen-bond acceptors (Lipinski definition) is 5. The van der Waals surface area contributed by atoms with Gasteiger partial charge in [-0.2, -0.15) is 13.2 Å². The fourth-order valence-electron chi connectivity index (χ4n) is 3.21. The number of alkyl halides is 3. The minimum absolute atomic E-state index is 0.0697. The molecule has 1 N–H and O–H groups in total. The Morgan fingerprint density at radius 1 is 1.00 bits per heavy atom. The number of nitrogens with one attached hydrogen (secondary N) is 1. The number of para-hydroxylation sites is 1. The summed E-state index contributed by atoms with van der Waals surface area (Å²) in [7, 11) is 0. The van der Waals surface area contributed by atoms with Crippen LogP contribution in [-0.2, 0) is 17.6 Å². The fourth-order valence-corrected chi connectivity index (χ4v) is 3.98. The standard InChI is InChI=1S/C25H21F3N4O2S/c1-17-10-12-20(13-11-17)32-22(15-34-21-8-3-2-4-9-21)30-31-24(32)35-16-23(33)29-19-7-5-6-18(14-19)25(26,27)28/h2-14H,15-16H2,1H3,(H,29,33). The third kappa shape index (κ3) is 6.42. The minimum Gasteiger partial charge on any atom is -0.486 e. The molecule has 0 aliphatic carbocycles. The number of amides is 1. The smallest absolute Gasteiger partial charge is 0.416 e. The summed E-state index contributed by atoms with van der Waals surface area (Å²) >= 11 is 1.13.